The smallest absolute Gasteiger partial charge is 0.255 e. The lowest BCUT2D eigenvalue weighted by Crippen LogP contribution is -2.28. The van der Waals surface area contributed by atoms with Crippen LogP contribution in [-0.4, -0.2) is 28.4 Å². The molecule has 0 aromatic carbocycles. The number of amides is 2. The lowest BCUT2D eigenvalue weighted by molar-refractivity contribution is 0.242. The number of hydrazone groups is 2. The summed E-state index contributed by atoms with van der Waals surface area (Å²) >= 11 is 0. The molecule has 0 spiro atoms. The average Bonchev–Trinajstić information content (AvgIpc) is 2.50. The van der Waals surface area contributed by atoms with Gasteiger partial charge in [0.1, 0.15) is 0 Å². The molecule has 2 amide bonds. The van der Waals surface area contributed by atoms with E-state index in [4.69, 9.17) is 0 Å². The van der Waals surface area contributed by atoms with Crippen LogP contribution in [0.1, 0.15) is 17.0 Å². The summed E-state index contributed by atoms with van der Waals surface area (Å²) in [7, 11) is 0. The largest absolute Gasteiger partial charge is 0.355 e. The number of aryl methyl sites for hydroxylation is 1. The third kappa shape index (κ3) is 5.19. The number of aromatic nitrogens is 2. The fraction of sp³-hybridized carbons (Fsp3) is 0.0714. The van der Waals surface area contributed by atoms with Crippen molar-refractivity contribution in [3.8, 4) is 0 Å². The molecule has 0 aliphatic heterocycles. The van der Waals surface area contributed by atoms with Crippen molar-refractivity contribution in [1.29, 1.82) is 0 Å². The molecule has 2 N–H and O–H groups in total. The van der Waals surface area contributed by atoms with Crippen molar-refractivity contribution in [2.45, 2.75) is 6.92 Å². The Morgan fingerprint density at radius 2 is 1.76 bits per heavy atom. The van der Waals surface area contributed by atoms with Crippen LogP contribution in [0.5, 0.6) is 0 Å². The van der Waals surface area contributed by atoms with Gasteiger partial charge >= 0.3 is 6.03 Å². The lowest BCUT2D eigenvalue weighted by Gasteiger charge is -1.97. The number of hydrogen-bond acceptors (Lipinski definition) is 5. The summed E-state index contributed by atoms with van der Waals surface area (Å²) in [4.78, 5) is 19.5. The normalized spacial score (nSPS) is 10.9. The summed E-state index contributed by atoms with van der Waals surface area (Å²) in [6.07, 6.45) is 6.24. The number of nitrogens with zero attached hydrogens (tertiary/aromatic N) is 4. The predicted octanol–water partition coefficient (Wildman–Crippen LogP) is 1.45. The maximum Gasteiger partial charge on any atom is 0.355 e. The highest BCUT2D eigenvalue weighted by Gasteiger charge is 1.94. The van der Waals surface area contributed by atoms with Gasteiger partial charge in [-0.15, -0.1) is 0 Å². The molecule has 0 fully saturated rings. The maximum absolute atomic E-state index is 11.4. The van der Waals surface area contributed by atoms with Crippen molar-refractivity contribution in [1.82, 2.24) is 20.8 Å². The maximum atomic E-state index is 11.4. The van der Waals surface area contributed by atoms with Crippen LogP contribution in [0.15, 0.2) is 52.9 Å². The summed E-state index contributed by atoms with van der Waals surface area (Å²) < 4.78 is 0. The second-order valence-corrected chi connectivity index (χ2v) is 4.08. The molecule has 0 radical (unpaired) electrons. The molecule has 7 nitrogen and oxygen atoms in total. The Kier molecular flexibility index (Phi) is 5.11. The molecule has 7 heteroatoms. The van der Waals surface area contributed by atoms with Crippen molar-refractivity contribution in [3.05, 3.63) is 59.7 Å². The first-order chi connectivity index (χ1) is 10.2. The quantitative estimate of drug-likeness (QED) is 0.656. The van der Waals surface area contributed by atoms with Gasteiger partial charge in [-0.05, 0) is 30.7 Å². The first-order valence-electron chi connectivity index (χ1n) is 6.20. The first kappa shape index (κ1) is 14.3. The average molecular weight is 282 g/mol. The highest BCUT2D eigenvalue weighted by atomic mass is 16.2. The summed E-state index contributed by atoms with van der Waals surface area (Å²) in [6, 6.07) is 8.55. The van der Waals surface area contributed by atoms with Crippen molar-refractivity contribution in [2.24, 2.45) is 10.2 Å². The highest BCUT2D eigenvalue weighted by Crippen LogP contribution is 1.95. The van der Waals surface area contributed by atoms with Crippen LogP contribution in [0.3, 0.4) is 0 Å². The molecule has 0 atom stereocenters. The molecule has 2 rings (SSSR count). The van der Waals surface area contributed by atoms with Gasteiger partial charge in [0, 0.05) is 12.4 Å². The van der Waals surface area contributed by atoms with Crippen LogP contribution in [0.4, 0.5) is 4.79 Å². The third-order valence-corrected chi connectivity index (χ3v) is 2.35. The van der Waals surface area contributed by atoms with Gasteiger partial charge < -0.3 is 0 Å². The number of carbonyl (C=O) groups is 1. The van der Waals surface area contributed by atoms with E-state index in [9.17, 15) is 4.79 Å². The summed E-state index contributed by atoms with van der Waals surface area (Å²) in [6.45, 7) is 1.94. The molecule has 0 unspecified atom stereocenters. The minimum absolute atomic E-state index is 0.550. The molecule has 2 heterocycles. The van der Waals surface area contributed by atoms with E-state index in [2.05, 4.69) is 31.0 Å². The SMILES string of the molecule is Cc1ccc(/C=N/NC(=O)N/N=C/c2ccccn2)nc1. The Labute approximate surface area is 121 Å². The standard InChI is InChI=1S/C14H14N6O/c1-11-5-6-13(16-8-11)10-18-20-14(21)19-17-9-12-4-2-3-7-15-12/h2-10H,1H3,(H2,19,20,21)/b17-9+,18-10+. The minimum atomic E-state index is -0.550. The van der Waals surface area contributed by atoms with Crippen LogP contribution >= 0.6 is 0 Å². The Balaban J connectivity index is 1.77. The summed E-state index contributed by atoms with van der Waals surface area (Å²) in [5, 5.41) is 7.50. The lowest BCUT2D eigenvalue weighted by atomic mass is 10.3. The fourth-order valence-electron chi connectivity index (χ4n) is 1.35. The first-order valence-corrected chi connectivity index (χ1v) is 6.20. The van der Waals surface area contributed by atoms with Gasteiger partial charge in [-0.3, -0.25) is 9.97 Å². The number of nitrogens with one attached hydrogen (secondary N) is 2. The summed E-state index contributed by atoms with van der Waals surface area (Å²) in [5.41, 5.74) is 6.90. The van der Waals surface area contributed by atoms with E-state index >= 15 is 0 Å². The van der Waals surface area contributed by atoms with E-state index in [1.807, 2.05) is 19.1 Å². The van der Waals surface area contributed by atoms with Crippen LogP contribution in [0.25, 0.3) is 0 Å². The molecular formula is C14H14N6O. The second kappa shape index (κ2) is 7.49. The van der Waals surface area contributed by atoms with Crippen molar-refractivity contribution < 1.29 is 4.79 Å². The van der Waals surface area contributed by atoms with Gasteiger partial charge in [0.15, 0.2) is 0 Å². The van der Waals surface area contributed by atoms with Gasteiger partial charge in [0.05, 0.1) is 23.8 Å². The van der Waals surface area contributed by atoms with E-state index in [-0.39, 0.29) is 0 Å². The molecule has 0 bridgehead atoms. The van der Waals surface area contributed by atoms with E-state index in [1.54, 1.807) is 30.6 Å². The zero-order valence-electron chi connectivity index (χ0n) is 11.4. The third-order valence-electron chi connectivity index (χ3n) is 2.35. The Morgan fingerprint density at radius 1 is 1.05 bits per heavy atom. The van der Waals surface area contributed by atoms with Crippen LogP contribution in [-0.2, 0) is 0 Å². The Morgan fingerprint density at radius 3 is 2.33 bits per heavy atom. The van der Waals surface area contributed by atoms with Gasteiger partial charge in [0.25, 0.3) is 0 Å². The van der Waals surface area contributed by atoms with Crippen molar-refractivity contribution >= 4 is 18.5 Å². The van der Waals surface area contributed by atoms with Gasteiger partial charge in [-0.1, -0.05) is 12.1 Å². The van der Waals surface area contributed by atoms with Crippen LogP contribution in [0, 0.1) is 6.92 Å². The highest BCUT2D eigenvalue weighted by molar-refractivity contribution is 5.81. The van der Waals surface area contributed by atoms with E-state index < -0.39 is 6.03 Å². The molecule has 21 heavy (non-hydrogen) atoms. The molecule has 106 valence electrons. The monoisotopic (exact) mass is 282 g/mol. The number of urea groups is 1. The molecular weight excluding hydrogens is 268 g/mol. The zero-order chi connectivity index (χ0) is 14.9. The van der Waals surface area contributed by atoms with E-state index in [0.29, 0.717) is 11.4 Å². The van der Waals surface area contributed by atoms with E-state index in [0.717, 1.165) is 5.56 Å². The number of hydrogen-bond donors (Lipinski definition) is 2. The fourth-order valence-corrected chi connectivity index (χ4v) is 1.35. The molecule has 0 saturated carbocycles. The van der Waals surface area contributed by atoms with Gasteiger partial charge in [0.2, 0.25) is 0 Å². The topological polar surface area (TPSA) is 91.6 Å². The molecule has 0 saturated heterocycles. The number of carbonyl (C=O) groups excluding carboxylic acids is 1. The van der Waals surface area contributed by atoms with Crippen LogP contribution < -0.4 is 10.9 Å². The number of rotatable bonds is 4. The van der Waals surface area contributed by atoms with Crippen molar-refractivity contribution in [3.63, 3.8) is 0 Å². The molecule has 2 aromatic heterocycles. The molecule has 0 aliphatic carbocycles. The summed E-state index contributed by atoms with van der Waals surface area (Å²) in [5.74, 6) is 0. The molecule has 2 aromatic rings. The van der Waals surface area contributed by atoms with E-state index in [1.165, 1.54) is 12.4 Å². The molecule has 0 aliphatic rings. The van der Waals surface area contributed by atoms with Crippen LogP contribution in [0.2, 0.25) is 0 Å². The zero-order valence-corrected chi connectivity index (χ0v) is 11.4. The number of pyridine rings is 2. The van der Waals surface area contributed by atoms with Gasteiger partial charge in [-0.2, -0.15) is 10.2 Å². The minimum Gasteiger partial charge on any atom is -0.255 e. The second-order valence-electron chi connectivity index (χ2n) is 4.08. The Hall–Kier alpha value is -3.09. The van der Waals surface area contributed by atoms with Gasteiger partial charge in [-0.25, -0.2) is 15.6 Å². The predicted molar refractivity (Wildman–Crippen MR) is 80.1 cm³/mol. The van der Waals surface area contributed by atoms with Crippen molar-refractivity contribution in [2.75, 3.05) is 0 Å². The Bertz CT molecular complexity index is 636.